The van der Waals surface area contributed by atoms with Gasteiger partial charge in [-0.05, 0) is 18.9 Å². The van der Waals surface area contributed by atoms with Crippen LogP contribution in [0.1, 0.15) is 30.1 Å². The second-order valence-electron chi connectivity index (χ2n) is 5.19. The molecule has 5 heteroatoms. The van der Waals surface area contributed by atoms with Crippen molar-refractivity contribution in [1.82, 2.24) is 9.97 Å². The first kappa shape index (κ1) is 13.7. The fraction of sp³-hybridized carbons (Fsp3) is 0.375. The van der Waals surface area contributed by atoms with Gasteiger partial charge < -0.3 is 15.4 Å². The van der Waals surface area contributed by atoms with Gasteiger partial charge in [-0.3, -0.25) is 0 Å². The third kappa shape index (κ3) is 3.24. The topological polar surface area (TPSA) is 59.1 Å². The van der Waals surface area contributed by atoms with Crippen molar-refractivity contribution in [3.63, 3.8) is 0 Å². The summed E-state index contributed by atoms with van der Waals surface area (Å²) in [5.41, 5.74) is 1.11. The number of hydrogen-bond acceptors (Lipinski definition) is 5. The molecule has 1 heterocycles. The van der Waals surface area contributed by atoms with Gasteiger partial charge in [0.25, 0.3) is 0 Å². The summed E-state index contributed by atoms with van der Waals surface area (Å²) in [5, 5.41) is 6.46. The van der Waals surface area contributed by atoms with Gasteiger partial charge in [0.1, 0.15) is 23.2 Å². The molecule has 0 atom stereocenters. The molecule has 2 aromatic rings. The molecule has 2 N–H and O–H groups in total. The summed E-state index contributed by atoms with van der Waals surface area (Å²) in [5.74, 6) is 4.06. The van der Waals surface area contributed by atoms with Crippen molar-refractivity contribution in [3.05, 3.63) is 41.7 Å². The first-order valence-corrected chi connectivity index (χ1v) is 7.22. The number of para-hydroxylation sites is 1. The van der Waals surface area contributed by atoms with E-state index in [1.165, 1.54) is 12.8 Å². The molecule has 0 bridgehead atoms. The first-order valence-electron chi connectivity index (χ1n) is 7.22. The highest BCUT2D eigenvalue weighted by atomic mass is 16.5. The lowest BCUT2D eigenvalue weighted by Crippen LogP contribution is -2.07. The summed E-state index contributed by atoms with van der Waals surface area (Å²) in [6.07, 6.45) is 2.39. The molecule has 1 aliphatic rings. The van der Waals surface area contributed by atoms with E-state index in [4.69, 9.17) is 4.74 Å². The summed E-state index contributed by atoms with van der Waals surface area (Å²) < 4.78 is 5.37. The van der Waals surface area contributed by atoms with Gasteiger partial charge in [-0.2, -0.15) is 0 Å². The molecule has 1 fully saturated rings. The Morgan fingerprint density at radius 1 is 1.19 bits per heavy atom. The fourth-order valence-electron chi connectivity index (χ4n) is 2.24. The molecule has 1 aromatic carbocycles. The van der Waals surface area contributed by atoms with Gasteiger partial charge in [0.15, 0.2) is 0 Å². The van der Waals surface area contributed by atoms with Gasteiger partial charge in [0.2, 0.25) is 0 Å². The van der Waals surface area contributed by atoms with Crippen LogP contribution in [-0.4, -0.2) is 24.1 Å². The number of ether oxygens (including phenoxy) is 1. The monoisotopic (exact) mass is 284 g/mol. The predicted octanol–water partition coefficient (Wildman–Crippen LogP) is 3.02. The third-order valence-electron chi connectivity index (χ3n) is 3.59. The molecule has 110 valence electrons. The molecule has 0 radical (unpaired) electrons. The van der Waals surface area contributed by atoms with Crippen molar-refractivity contribution in [2.75, 3.05) is 24.8 Å². The zero-order chi connectivity index (χ0) is 14.7. The lowest BCUT2D eigenvalue weighted by atomic mass is 10.2. The Hall–Kier alpha value is -2.30. The molecule has 0 spiro atoms. The lowest BCUT2D eigenvalue weighted by Gasteiger charge is -2.11. The van der Waals surface area contributed by atoms with E-state index in [0.717, 1.165) is 28.8 Å². The minimum Gasteiger partial charge on any atom is -0.496 e. The summed E-state index contributed by atoms with van der Waals surface area (Å²) >= 11 is 0. The number of anilines is 2. The van der Waals surface area contributed by atoms with Crippen molar-refractivity contribution < 1.29 is 4.74 Å². The quantitative estimate of drug-likeness (QED) is 0.854. The first-order chi connectivity index (χ1) is 10.3. The summed E-state index contributed by atoms with van der Waals surface area (Å²) in [4.78, 5) is 9.13. The normalized spacial score (nSPS) is 13.8. The molecule has 1 saturated carbocycles. The average Bonchev–Trinajstić information content (AvgIpc) is 3.37. The molecule has 3 rings (SSSR count). The molecule has 1 aliphatic carbocycles. The lowest BCUT2D eigenvalue weighted by molar-refractivity contribution is 0.410. The zero-order valence-corrected chi connectivity index (χ0v) is 12.4. The van der Waals surface area contributed by atoms with Crippen LogP contribution in [0.4, 0.5) is 11.6 Å². The molecule has 21 heavy (non-hydrogen) atoms. The van der Waals surface area contributed by atoms with Crippen LogP contribution < -0.4 is 15.4 Å². The molecule has 5 nitrogen and oxygen atoms in total. The van der Waals surface area contributed by atoms with E-state index in [2.05, 4.69) is 20.6 Å². The number of aromatic nitrogens is 2. The highest BCUT2D eigenvalue weighted by molar-refractivity contribution is 5.49. The van der Waals surface area contributed by atoms with E-state index >= 15 is 0 Å². The average molecular weight is 284 g/mol. The van der Waals surface area contributed by atoms with E-state index in [1.54, 1.807) is 7.11 Å². The van der Waals surface area contributed by atoms with E-state index < -0.39 is 0 Å². The van der Waals surface area contributed by atoms with Crippen molar-refractivity contribution in [3.8, 4) is 5.75 Å². The Balaban J connectivity index is 1.76. The summed E-state index contributed by atoms with van der Waals surface area (Å²) in [7, 11) is 3.57. The maximum atomic E-state index is 5.37. The second kappa shape index (κ2) is 5.99. The van der Waals surface area contributed by atoms with Gasteiger partial charge >= 0.3 is 0 Å². The van der Waals surface area contributed by atoms with Crippen LogP contribution in [0.3, 0.4) is 0 Å². The van der Waals surface area contributed by atoms with Crippen LogP contribution in [0.2, 0.25) is 0 Å². The minimum atomic E-state index is 0.533. The number of methoxy groups -OCH3 is 1. The van der Waals surface area contributed by atoms with Crippen LogP contribution in [0.15, 0.2) is 30.3 Å². The standard InChI is InChI=1S/C16H20N4O/c1-17-14-9-15(20-16(19-14)11-7-8-11)18-10-12-5-3-4-6-13(12)21-2/h3-6,9,11H,7-8,10H2,1-2H3,(H2,17,18,19,20). The van der Waals surface area contributed by atoms with Crippen molar-refractivity contribution >= 4 is 11.6 Å². The highest BCUT2D eigenvalue weighted by Crippen LogP contribution is 2.38. The summed E-state index contributed by atoms with van der Waals surface area (Å²) in [6, 6.07) is 9.92. The Morgan fingerprint density at radius 2 is 1.95 bits per heavy atom. The van der Waals surface area contributed by atoms with Gasteiger partial charge in [-0.15, -0.1) is 0 Å². The number of nitrogens with one attached hydrogen (secondary N) is 2. The van der Waals surface area contributed by atoms with Crippen LogP contribution in [0.25, 0.3) is 0 Å². The highest BCUT2D eigenvalue weighted by Gasteiger charge is 2.27. The SMILES string of the molecule is CNc1cc(NCc2ccccc2OC)nc(C2CC2)n1. The van der Waals surface area contributed by atoms with E-state index in [0.29, 0.717) is 12.5 Å². The maximum absolute atomic E-state index is 5.37. The maximum Gasteiger partial charge on any atom is 0.136 e. The van der Waals surface area contributed by atoms with Crippen molar-refractivity contribution in [2.45, 2.75) is 25.3 Å². The Kier molecular flexibility index (Phi) is 3.90. The Labute approximate surface area is 124 Å². The number of rotatable bonds is 6. The van der Waals surface area contributed by atoms with Crippen LogP contribution in [-0.2, 0) is 6.54 Å². The van der Waals surface area contributed by atoms with Crippen LogP contribution in [0, 0.1) is 0 Å². The van der Waals surface area contributed by atoms with Gasteiger partial charge in [-0.25, -0.2) is 9.97 Å². The number of nitrogens with zero attached hydrogens (tertiary/aromatic N) is 2. The smallest absolute Gasteiger partial charge is 0.136 e. The number of benzene rings is 1. The molecular weight excluding hydrogens is 264 g/mol. The van der Waals surface area contributed by atoms with E-state index in [-0.39, 0.29) is 0 Å². The molecule has 0 amide bonds. The van der Waals surface area contributed by atoms with Crippen molar-refractivity contribution in [2.24, 2.45) is 0 Å². The Bertz CT molecular complexity index is 625. The van der Waals surface area contributed by atoms with Crippen LogP contribution >= 0.6 is 0 Å². The summed E-state index contributed by atoms with van der Waals surface area (Å²) in [6.45, 7) is 0.675. The molecule has 0 aliphatic heterocycles. The van der Waals surface area contributed by atoms with Gasteiger partial charge in [0.05, 0.1) is 7.11 Å². The van der Waals surface area contributed by atoms with Crippen molar-refractivity contribution in [1.29, 1.82) is 0 Å². The van der Waals surface area contributed by atoms with Gasteiger partial charge in [-0.1, -0.05) is 18.2 Å². The molecule has 0 unspecified atom stereocenters. The van der Waals surface area contributed by atoms with E-state index in [9.17, 15) is 0 Å². The molecular formula is C16H20N4O. The minimum absolute atomic E-state index is 0.533. The molecule has 0 saturated heterocycles. The van der Waals surface area contributed by atoms with Crippen LogP contribution in [0.5, 0.6) is 5.75 Å². The largest absolute Gasteiger partial charge is 0.496 e. The van der Waals surface area contributed by atoms with E-state index in [1.807, 2.05) is 37.4 Å². The molecule has 1 aromatic heterocycles. The second-order valence-corrected chi connectivity index (χ2v) is 5.19. The van der Waals surface area contributed by atoms with Gasteiger partial charge in [0, 0.05) is 31.1 Å². The predicted molar refractivity (Wildman–Crippen MR) is 83.9 cm³/mol. The number of hydrogen-bond donors (Lipinski definition) is 2. The fourth-order valence-corrected chi connectivity index (χ4v) is 2.24. The zero-order valence-electron chi connectivity index (χ0n) is 12.4. The Morgan fingerprint density at radius 3 is 2.67 bits per heavy atom. The third-order valence-corrected chi connectivity index (χ3v) is 3.59.